The number of ether oxygens (including phenoxy) is 3. The van der Waals surface area contributed by atoms with Crippen molar-refractivity contribution in [1.29, 1.82) is 0 Å². The molecule has 0 amide bonds. The summed E-state index contributed by atoms with van der Waals surface area (Å²) in [7, 11) is 4.25. The fourth-order valence-electron chi connectivity index (χ4n) is 4.56. The Hall–Kier alpha value is -3.72. The minimum absolute atomic E-state index is 0.261. The Bertz CT molecular complexity index is 1210. The Morgan fingerprint density at radius 1 is 1.03 bits per heavy atom. The lowest BCUT2D eigenvalue weighted by Crippen LogP contribution is -2.45. The third-order valence-corrected chi connectivity index (χ3v) is 6.15. The van der Waals surface area contributed by atoms with Gasteiger partial charge in [0, 0.05) is 25.8 Å². The van der Waals surface area contributed by atoms with E-state index in [1.54, 1.807) is 42.3 Å². The number of methoxy groups -OCH3 is 3. The minimum atomic E-state index is -0.842. The third-order valence-electron chi connectivity index (χ3n) is 6.15. The van der Waals surface area contributed by atoms with Crippen molar-refractivity contribution >= 4 is 29.3 Å². The molecule has 4 rings (SSSR count). The van der Waals surface area contributed by atoms with Crippen LogP contribution in [0.5, 0.6) is 0 Å². The highest BCUT2D eigenvalue weighted by Crippen LogP contribution is 2.49. The average Bonchev–Trinajstić information content (AvgIpc) is 3.19. The molecule has 1 unspecified atom stereocenters. The number of nitrogens with zero attached hydrogens (tertiary/aromatic N) is 3. The Morgan fingerprint density at radius 3 is 2.43 bits per heavy atom. The topological polar surface area (TPSA) is 80.7 Å². The molecule has 1 atom stereocenters. The van der Waals surface area contributed by atoms with Crippen molar-refractivity contribution in [3.8, 4) is 0 Å². The van der Waals surface area contributed by atoms with Gasteiger partial charge in [-0.15, -0.1) is 0 Å². The van der Waals surface area contributed by atoms with Crippen molar-refractivity contribution in [2.24, 2.45) is 4.99 Å². The lowest BCUT2D eigenvalue weighted by atomic mass is 9.92. The molecule has 2 aliphatic heterocycles. The zero-order valence-corrected chi connectivity index (χ0v) is 20.2. The van der Waals surface area contributed by atoms with Gasteiger partial charge in [-0.1, -0.05) is 25.1 Å². The number of benzene rings is 2. The fraction of sp³-hybridized carbons (Fsp3) is 0.346. The van der Waals surface area contributed by atoms with Gasteiger partial charge in [0.25, 0.3) is 0 Å². The molecule has 2 aromatic rings. The number of aliphatic imine (C=N–C) groups is 1. The predicted octanol–water partition coefficient (Wildman–Crippen LogP) is 4.22. The smallest absolute Gasteiger partial charge is 0.338 e. The summed E-state index contributed by atoms with van der Waals surface area (Å²) in [5, 5.41) is 0. The van der Waals surface area contributed by atoms with Crippen LogP contribution in [0.2, 0.25) is 0 Å². The zero-order chi connectivity index (χ0) is 25.1. The van der Waals surface area contributed by atoms with E-state index in [0.29, 0.717) is 54.5 Å². The molecule has 2 aromatic carbocycles. The summed E-state index contributed by atoms with van der Waals surface area (Å²) in [5.41, 5.74) is 2.83. The van der Waals surface area contributed by atoms with Crippen molar-refractivity contribution in [3.63, 3.8) is 0 Å². The van der Waals surface area contributed by atoms with Crippen molar-refractivity contribution < 1.29 is 28.2 Å². The molecule has 9 heteroatoms. The number of hydrogen-bond donors (Lipinski definition) is 0. The average molecular weight is 482 g/mol. The van der Waals surface area contributed by atoms with E-state index in [0.717, 1.165) is 5.69 Å². The first-order valence-electron chi connectivity index (χ1n) is 11.4. The summed E-state index contributed by atoms with van der Waals surface area (Å²) in [6.45, 7) is 3.01. The second-order valence-electron chi connectivity index (χ2n) is 8.10. The van der Waals surface area contributed by atoms with Crippen LogP contribution < -0.4 is 9.80 Å². The van der Waals surface area contributed by atoms with Gasteiger partial charge < -0.3 is 19.1 Å². The van der Waals surface area contributed by atoms with Gasteiger partial charge in [-0.05, 0) is 37.1 Å². The van der Waals surface area contributed by atoms with Gasteiger partial charge in [0.05, 0.1) is 48.5 Å². The molecular formula is C26H28FN3O5. The first kappa shape index (κ1) is 24.4. The molecule has 0 saturated heterocycles. The molecule has 35 heavy (non-hydrogen) atoms. The second-order valence-corrected chi connectivity index (χ2v) is 8.10. The van der Waals surface area contributed by atoms with Crippen LogP contribution in [0.1, 0.15) is 41.7 Å². The molecule has 0 aromatic heterocycles. The van der Waals surface area contributed by atoms with Gasteiger partial charge in [-0.25, -0.2) is 19.0 Å². The van der Waals surface area contributed by atoms with E-state index >= 15 is 4.39 Å². The van der Waals surface area contributed by atoms with Crippen LogP contribution in [0.15, 0.2) is 58.7 Å². The highest BCUT2D eigenvalue weighted by Gasteiger charge is 2.46. The third kappa shape index (κ3) is 4.27. The largest absolute Gasteiger partial charge is 0.466 e. The van der Waals surface area contributed by atoms with E-state index in [-0.39, 0.29) is 5.57 Å². The SMILES string of the molecule is CCC1=C(C(=O)OC)C(c2ccccc2F)N2C(=N1)N(CCCOC)c1ccc(C(=O)OC)cc12. The summed E-state index contributed by atoms with van der Waals surface area (Å²) < 4.78 is 30.5. The van der Waals surface area contributed by atoms with E-state index in [2.05, 4.69) is 0 Å². The zero-order valence-electron chi connectivity index (χ0n) is 20.2. The first-order valence-corrected chi connectivity index (χ1v) is 11.4. The predicted molar refractivity (Wildman–Crippen MR) is 130 cm³/mol. The molecule has 0 saturated carbocycles. The lowest BCUT2D eigenvalue weighted by molar-refractivity contribution is -0.136. The monoisotopic (exact) mass is 481 g/mol. The van der Waals surface area contributed by atoms with Gasteiger partial charge in [-0.2, -0.15) is 0 Å². The minimum Gasteiger partial charge on any atom is -0.466 e. The van der Waals surface area contributed by atoms with Crippen LogP contribution in [0.25, 0.3) is 0 Å². The number of anilines is 2. The van der Waals surface area contributed by atoms with Gasteiger partial charge in [-0.3, -0.25) is 4.90 Å². The maximum absolute atomic E-state index is 15.2. The molecule has 2 heterocycles. The number of carbonyl (C=O) groups is 2. The van der Waals surface area contributed by atoms with Crippen LogP contribution in [0, 0.1) is 5.82 Å². The van der Waals surface area contributed by atoms with Gasteiger partial charge in [0.1, 0.15) is 5.82 Å². The number of rotatable bonds is 8. The van der Waals surface area contributed by atoms with Crippen LogP contribution >= 0.6 is 0 Å². The molecule has 2 aliphatic rings. The summed E-state index contributed by atoms with van der Waals surface area (Å²) in [4.78, 5) is 34.1. The molecule has 0 radical (unpaired) electrons. The summed E-state index contributed by atoms with van der Waals surface area (Å²) in [6, 6.07) is 10.7. The maximum atomic E-state index is 15.2. The number of allylic oxidation sites excluding steroid dienone is 1. The van der Waals surface area contributed by atoms with Gasteiger partial charge in [0.2, 0.25) is 5.96 Å². The quantitative estimate of drug-likeness (QED) is 0.412. The molecule has 0 spiro atoms. The van der Waals surface area contributed by atoms with Crippen molar-refractivity contribution in [2.75, 3.05) is 44.3 Å². The van der Waals surface area contributed by atoms with Crippen LogP contribution in [-0.4, -0.2) is 52.4 Å². The summed E-state index contributed by atoms with van der Waals surface area (Å²) >= 11 is 0. The molecular weight excluding hydrogens is 453 g/mol. The Balaban J connectivity index is 1.98. The van der Waals surface area contributed by atoms with Gasteiger partial charge >= 0.3 is 11.9 Å². The Labute approximate surface area is 203 Å². The van der Waals surface area contributed by atoms with E-state index in [1.807, 2.05) is 17.9 Å². The van der Waals surface area contributed by atoms with Crippen molar-refractivity contribution in [2.45, 2.75) is 25.8 Å². The molecule has 0 bridgehead atoms. The molecule has 0 N–H and O–H groups in total. The normalized spacial score (nSPS) is 16.6. The highest BCUT2D eigenvalue weighted by molar-refractivity contribution is 6.19. The fourth-order valence-corrected chi connectivity index (χ4v) is 4.56. The number of hydrogen-bond acceptors (Lipinski definition) is 8. The number of esters is 2. The lowest BCUT2D eigenvalue weighted by Gasteiger charge is -2.36. The molecule has 0 fully saturated rings. The van der Waals surface area contributed by atoms with Crippen LogP contribution in [-0.2, 0) is 19.0 Å². The van der Waals surface area contributed by atoms with E-state index < -0.39 is 23.8 Å². The second kappa shape index (κ2) is 10.3. The molecule has 0 aliphatic carbocycles. The summed E-state index contributed by atoms with van der Waals surface area (Å²) in [6.07, 6.45) is 1.16. The first-order chi connectivity index (χ1) is 17.0. The number of halogens is 1. The number of fused-ring (bicyclic) bond motifs is 3. The van der Waals surface area contributed by atoms with Crippen molar-refractivity contribution in [1.82, 2.24) is 0 Å². The van der Waals surface area contributed by atoms with Gasteiger partial charge in [0.15, 0.2) is 0 Å². The summed E-state index contributed by atoms with van der Waals surface area (Å²) in [5.74, 6) is -0.988. The van der Waals surface area contributed by atoms with E-state index in [1.165, 1.54) is 20.3 Å². The molecule has 184 valence electrons. The standard InChI is InChI=1S/C26H28FN3O5/c1-5-19-22(25(32)35-4)23(17-9-6-7-10-18(17)27)30-21-15-16(24(31)34-3)11-12-20(21)29(26(30)28-19)13-8-14-33-2/h6-7,9-12,15,23H,5,8,13-14H2,1-4H3. The Morgan fingerprint density at radius 2 is 1.77 bits per heavy atom. The van der Waals surface area contributed by atoms with E-state index in [4.69, 9.17) is 19.2 Å². The van der Waals surface area contributed by atoms with Crippen LogP contribution in [0.3, 0.4) is 0 Å². The van der Waals surface area contributed by atoms with E-state index in [9.17, 15) is 9.59 Å². The molecule has 8 nitrogen and oxygen atoms in total. The number of carbonyl (C=O) groups excluding carboxylic acids is 2. The van der Waals surface area contributed by atoms with Crippen molar-refractivity contribution in [3.05, 3.63) is 70.7 Å². The highest BCUT2D eigenvalue weighted by atomic mass is 19.1. The van der Waals surface area contributed by atoms with Crippen LogP contribution in [0.4, 0.5) is 15.8 Å². The maximum Gasteiger partial charge on any atom is 0.338 e. The number of guanidine groups is 1. The Kier molecular flexibility index (Phi) is 7.16.